The van der Waals surface area contributed by atoms with Crippen molar-refractivity contribution in [1.29, 1.82) is 0 Å². The molecule has 0 radical (unpaired) electrons. The molecule has 6 heteroatoms. The fourth-order valence-electron chi connectivity index (χ4n) is 2.58. The minimum atomic E-state index is -0.120. The molecule has 0 atom stereocenters. The van der Waals surface area contributed by atoms with Crippen LogP contribution in [0.4, 0.5) is 5.69 Å². The number of hydrogen-bond acceptors (Lipinski definition) is 4. The van der Waals surface area contributed by atoms with Gasteiger partial charge in [0.1, 0.15) is 0 Å². The van der Waals surface area contributed by atoms with Crippen molar-refractivity contribution in [2.24, 2.45) is 0 Å². The van der Waals surface area contributed by atoms with E-state index >= 15 is 0 Å². The highest BCUT2D eigenvalue weighted by atomic mass is 16.3. The molecule has 3 N–H and O–H groups in total. The molecule has 0 aliphatic heterocycles. The minimum Gasteiger partial charge on any atom is -0.395 e. The van der Waals surface area contributed by atoms with Gasteiger partial charge in [-0.3, -0.25) is 14.5 Å². The van der Waals surface area contributed by atoms with Gasteiger partial charge in [0.2, 0.25) is 5.91 Å². The predicted molar refractivity (Wildman–Crippen MR) is 87.2 cm³/mol. The van der Waals surface area contributed by atoms with Gasteiger partial charge in [-0.25, -0.2) is 0 Å². The molecule has 2 aliphatic rings. The van der Waals surface area contributed by atoms with Gasteiger partial charge in [-0.05, 0) is 43.9 Å². The van der Waals surface area contributed by atoms with Crippen molar-refractivity contribution in [3.05, 3.63) is 29.8 Å². The van der Waals surface area contributed by atoms with Crippen molar-refractivity contribution in [1.82, 2.24) is 10.2 Å². The highest BCUT2D eigenvalue weighted by Crippen LogP contribution is 2.26. The monoisotopic (exact) mass is 317 g/mol. The molecule has 0 saturated heterocycles. The number of anilines is 1. The van der Waals surface area contributed by atoms with E-state index in [1.165, 1.54) is 0 Å². The van der Waals surface area contributed by atoms with E-state index in [0.717, 1.165) is 25.7 Å². The van der Waals surface area contributed by atoms with E-state index < -0.39 is 0 Å². The predicted octanol–water partition coefficient (Wildman–Crippen LogP) is 0.974. The zero-order chi connectivity index (χ0) is 16.2. The highest BCUT2D eigenvalue weighted by Gasteiger charge is 2.29. The maximum Gasteiger partial charge on any atom is 0.251 e. The van der Waals surface area contributed by atoms with Gasteiger partial charge in [0, 0.05) is 29.9 Å². The SMILES string of the molecule is O=C(CN(CCO)C1CC1)Nc1cccc(C(=O)NC2CC2)c1. The third-order valence-electron chi connectivity index (χ3n) is 4.12. The third-order valence-corrected chi connectivity index (χ3v) is 4.12. The van der Waals surface area contributed by atoms with Crippen molar-refractivity contribution in [3.8, 4) is 0 Å². The Morgan fingerprint density at radius 3 is 2.65 bits per heavy atom. The summed E-state index contributed by atoms with van der Waals surface area (Å²) < 4.78 is 0. The van der Waals surface area contributed by atoms with Crippen LogP contribution in [0.2, 0.25) is 0 Å². The van der Waals surface area contributed by atoms with Gasteiger partial charge in [-0.15, -0.1) is 0 Å². The van der Waals surface area contributed by atoms with E-state index in [4.69, 9.17) is 5.11 Å². The lowest BCUT2D eigenvalue weighted by atomic mass is 10.2. The normalized spacial score (nSPS) is 17.1. The van der Waals surface area contributed by atoms with Crippen LogP contribution < -0.4 is 10.6 Å². The average molecular weight is 317 g/mol. The number of carbonyl (C=O) groups is 2. The molecule has 124 valence electrons. The van der Waals surface area contributed by atoms with Crippen molar-refractivity contribution >= 4 is 17.5 Å². The van der Waals surface area contributed by atoms with Crippen LogP contribution in [0.5, 0.6) is 0 Å². The number of amides is 2. The summed E-state index contributed by atoms with van der Waals surface area (Å²) in [5.74, 6) is -0.214. The largest absolute Gasteiger partial charge is 0.395 e. The summed E-state index contributed by atoms with van der Waals surface area (Å²) in [7, 11) is 0. The van der Waals surface area contributed by atoms with E-state index in [1.54, 1.807) is 24.3 Å². The van der Waals surface area contributed by atoms with Crippen LogP contribution in [0.1, 0.15) is 36.0 Å². The van der Waals surface area contributed by atoms with Crippen molar-refractivity contribution in [2.45, 2.75) is 37.8 Å². The second-order valence-electron chi connectivity index (χ2n) is 6.30. The van der Waals surface area contributed by atoms with E-state index in [9.17, 15) is 9.59 Å². The van der Waals surface area contributed by atoms with E-state index in [2.05, 4.69) is 10.6 Å². The fourth-order valence-corrected chi connectivity index (χ4v) is 2.58. The first-order valence-electron chi connectivity index (χ1n) is 8.21. The molecule has 6 nitrogen and oxygen atoms in total. The summed E-state index contributed by atoms with van der Waals surface area (Å²) in [6.45, 7) is 0.840. The second-order valence-corrected chi connectivity index (χ2v) is 6.30. The van der Waals surface area contributed by atoms with Gasteiger partial charge < -0.3 is 15.7 Å². The van der Waals surface area contributed by atoms with Crippen LogP contribution >= 0.6 is 0 Å². The zero-order valence-corrected chi connectivity index (χ0v) is 13.1. The summed E-state index contributed by atoms with van der Waals surface area (Å²) in [6.07, 6.45) is 4.27. The molecule has 0 bridgehead atoms. The summed E-state index contributed by atoms with van der Waals surface area (Å²) in [4.78, 5) is 26.2. The van der Waals surface area contributed by atoms with Gasteiger partial charge in [0.25, 0.3) is 5.91 Å². The molecular weight excluding hydrogens is 294 g/mol. The Labute approximate surface area is 135 Å². The molecule has 2 fully saturated rings. The molecule has 2 aliphatic carbocycles. The number of nitrogens with one attached hydrogen (secondary N) is 2. The lowest BCUT2D eigenvalue weighted by Crippen LogP contribution is -2.36. The summed E-state index contributed by atoms with van der Waals surface area (Å²) in [6, 6.07) is 7.72. The quantitative estimate of drug-likeness (QED) is 0.667. The van der Waals surface area contributed by atoms with Crippen molar-refractivity contribution in [2.75, 3.05) is 25.0 Å². The van der Waals surface area contributed by atoms with E-state index in [-0.39, 0.29) is 25.0 Å². The van der Waals surface area contributed by atoms with Crippen LogP contribution in [-0.4, -0.2) is 53.6 Å². The number of aliphatic hydroxyl groups is 1. The smallest absolute Gasteiger partial charge is 0.251 e. The first-order valence-corrected chi connectivity index (χ1v) is 8.21. The molecular formula is C17H23N3O3. The molecule has 23 heavy (non-hydrogen) atoms. The van der Waals surface area contributed by atoms with Gasteiger partial charge in [0.05, 0.1) is 13.2 Å². The number of rotatable bonds is 8. The summed E-state index contributed by atoms with van der Waals surface area (Å²) in [5.41, 5.74) is 1.18. The Balaban J connectivity index is 1.55. The molecule has 2 amide bonds. The Morgan fingerprint density at radius 2 is 2.00 bits per heavy atom. The average Bonchev–Trinajstić information content (AvgIpc) is 3.41. The first kappa shape index (κ1) is 16.0. The molecule has 2 saturated carbocycles. The lowest BCUT2D eigenvalue weighted by Gasteiger charge is -2.20. The molecule has 0 spiro atoms. The highest BCUT2D eigenvalue weighted by molar-refractivity contribution is 5.97. The van der Waals surface area contributed by atoms with Gasteiger partial charge in [0.15, 0.2) is 0 Å². The van der Waals surface area contributed by atoms with Crippen molar-refractivity contribution < 1.29 is 14.7 Å². The van der Waals surface area contributed by atoms with E-state index in [1.807, 2.05) is 4.90 Å². The Bertz CT molecular complexity index is 582. The van der Waals surface area contributed by atoms with Gasteiger partial charge in [-0.2, -0.15) is 0 Å². The minimum absolute atomic E-state index is 0.0562. The van der Waals surface area contributed by atoms with Crippen LogP contribution in [-0.2, 0) is 4.79 Å². The number of aliphatic hydroxyl groups excluding tert-OH is 1. The molecule has 1 aromatic carbocycles. The lowest BCUT2D eigenvalue weighted by molar-refractivity contribution is -0.117. The maximum atomic E-state index is 12.2. The number of benzene rings is 1. The maximum absolute atomic E-state index is 12.2. The van der Waals surface area contributed by atoms with Gasteiger partial charge in [-0.1, -0.05) is 6.07 Å². The number of nitrogens with zero attached hydrogens (tertiary/aromatic N) is 1. The number of carbonyl (C=O) groups excluding carboxylic acids is 2. The molecule has 1 aromatic rings. The Morgan fingerprint density at radius 1 is 1.22 bits per heavy atom. The fraction of sp³-hybridized carbons (Fsp3) is 0.529. The molecule has 3 rings (SSSR count). The summed E-state index contributed by atoms with van der Waals surface area (Å²) >= 11 is 0. The van der Waals surface area contributed by atoms with Crippen LogP contribution in [0.15, 0.2) is 24.3 Å². The zero-order valence-electron chi connectivity index (χ0n) is 13.1. The first-order chi connectivity index (χ1) is 11.2. The summed E-state index contributed by atoms with van der Waals surface area (Å²) in [5, 5.41) is 14.8. The number of hydrogen-bond donors (Lipinski definition) is 3. The Kier molecular flexibility index (Phi) is 4.93. The third kappa shape index (κ3) is 4.77. The van der Waals surface area contributed by atoms with Crippen LogP contribution in [0.25, 0.3) is 0 Å². The molecule has 0 unspecified atom stereocenters. The van der Waals surface area contributed by atoms with Crippen molar-refractivity contribution in [3.63, 3.8) is 0 Å². The second kappa shape index (κ2) is 7.10. The Hall–Kier alpha value is -1.92. The molecule has 0 aromatic heterocycles. The standard InChI is InChI=1S/C17H23N3O3/c21-9-8-20(15-6-7-15)11-16(22)18-14-3-1-2-12(10-14)17(23)19-13-4-5-13/h1-3,10,13,15,21H,4-9,11H2,(H,18,22)(H,19,23). The van der Waals surface area contributed by atoms with Gasteiger partial charge >= 0.3 is 0 Å². The molecule has 0 heterocycles. The van der Waals surface area contributed by atoms with E-state index in [0.29, 0.717) is 29.9 Å². The van der Waals surface area contributed by atoms with Crippen LogP contribution in [0, 0.1) is 0 Å². The van der Waals surface area contributed by atoms with Crippen LogP contribution in [0.3, 0.4) is 0 Å². The topological polar surface area (TPSA) is 81.7 Å².